The first-order valence-electron chi connectivity index (χ1n) is 6.65. The van der Waals surface area contributed by atoms with Crippen molar-refractivity contribution < 1.29 is 9.53 Å². The molecule has 2 N–H and O–H groups in total. The Kier molecular flexibility index (Phi) is 5.09. The van der Waals surface area contributed by atoms with Crippen LogP contribution in [0.1, 0.15) is 31.5 Å². The number of carbonyl (C=O) groups is 1. The molecule has 0 saturated carbocycles. The first-order chi connectivity index (χ1) is 9.16. The van der Waals surface area contributed by atoms with E-state index in [1.807, 2.05) is 11.6 Å². The van der Waals surface area contributed by atoms with Crippen LogP contribution in [-0.2, 0) is 23.0 Å². The maximum atomic E-state index is 11.7. The topological polar surface area (TPSA) is 71.9 Å². The summed E-state index contributed by atoms with van der Waals surface area (Å²) in [7, 11) is 1.86. The van der Waals surface area contributed by atoms with Crippen molar-refractivity contribution in [2.75, 3.05) is 13.2 Å². The number of ether oxygens (including phenoxy) is 1. The van der Waals surface area contributed by atoms with Crippen molar-refractivity contribution in [3.05, 3.63) is 10.6 Å². The van der Waals surface area contributed by atoms with Crippen LogP contribution in [0.5, 0.6) is 0 Å². The van der Waals surface area contributed by atoms with Gasteiger partial charge in [0.15, 0.2) is 4.77 Å². The van der Waals surface area contributed by atoms with E-state index in [9.17, 15) is 4.79 Å². The van der Waals surface area contributed by atoms with E-state index in [1.165, 1.54) is 0 Å². The molecule has 1 atom stereocenters. The third kappa shape index (κ3) is 4.14. The van der Waals surface area contributed by atoms with Crippen molar-refractivity contribution in [2.24, 2.45) is 7.05 Å². The van der Waals surface area contributed by atoms with Gasteiger partial charge in [-0.05, 0) is 31.5 Å². The Morgan fingerprint density at radius 2 is 2.47 bits per heavy atom. The quantitative estimate of drug-likeness (QED) is 0.794. The van der Waals surface area contributed by atoms with Gasteiger partial charge in [-0.3, -0.25) is 9.89 Å². The number of hydrogen-bond donors (Lipinski definition) is 2. The molecule has 1 aromatic rings. The second-order valence-corrected chi connectivity index (χ2v) is 5.18. The molecule has 0 spiro atoms. The van der Waals surface area contributed by atoms with Crippen molar-refractivity contribution in [2.45, 2.75) is 38.2 Å². The number of nitrogens with one attached hydrogen (secondary N) is 2. The molecule has 7 heteroatoms. The van der Waals surface area contributed by atoms with Gasteiger partial charge in [0.05, 0.1) is 12.5 Å². The van der Waals surface area contributed by atoms with Gasteiger partial charge in [-0.1, -0.05) is 0 Å². The number of rotatable bonds is 5. The van der Waals surface area contributed by atoms with Gasteiger partial charge < -0.3 is 14.6 Å². The Morgan fingerprint density at radius 1 is 1.63 bits per heavy atom. The Morgan fingerprint density at radius 3 is 3.11 bits per heavy atom. The predicted octanol–water partition coefficient (Wildman–Crippen LogP) is 1.10. The zero-order valence-corrected chi connectivity index (χ0v) is 12.0. The highest BCUT2D eigenvalue weighted by Crippen LogP contribution is 2.15. The highest BCUT2D eigenvalue weighted by atomic mass is 32.1. The van der Waals surface area contributed by atoms with Gasteiger partial charge in [0.2, 0.25) is 5.91 Å². The maximum Gasteiger partial charge on any atom is 0.222 e. The predicted molar refractivity (Wildman–Crippen MR) is 73.3 cm³/mol. The number of hydrogen-bond acceptors (Lipinski definition) is 4. The largest absolute Gasteiger partial charge is 0.378 e. The van der Waals surface area contributed by atoms with Crippen LogP contribution in [0.4, 0.5) is 0 Å². The van der Waals surface area contributed by atoms with Crippen LogP contribution in [0.15, 0.2) is 0 Å². The highest BCUT2D eigenvalue weighted by molar-refractivity contribution is 7.71. The maximum absolute atomic E-state index is 11.7. The average molecular weight is 284 g/mol. The number of nitrogens with zero attached hydrogens (tertiary/aromatic N) is 2. The first-order valence-corrected chi connectivity index (χ1v) is 7.06. The monoisotopic (exact) mass is 284 g/mol. The number of amides is 1. The van der Waals surface area contributed by atoms with Gasteiger partial charge in [0.1, 0.15) is 5.82 Å². The van der Waals surface area contributed by atoms with Crippen LogP contribution in [-0.4, -0.2) is 39.9 Å². The van der Waals surface area contributed by atoms with E-state index in [1.54, 1.807) is 0 Å². The molecular weight excluding hydrogens is 264 g/mol. The van der Waals surface area contributed by atoms with E-state index in [0.29, 0.717) is 24.2 Å². The van der Waals surface area contributed by atoms with E-state index in [4.69, 9.17) is 17.0 Å². The van der Waals surface area contributed by atoms with Gasteiger partial charge in [-0.15, -0.1) is 0 Å². The fourth-order valence-corrected chi connectivity index (χ4v) is 2.32. The van der Waals surface area contributed by atoms with Crippen LogP contribution in [0.25, 0.3) is 0 Å². The molecule has 1 saturated heterocycles. The van der Waals surface area contributed by atoms with Crippen molar-refractivity contribution >= 4 is 18.1 Å². The first kappa shape index (κ1) is 14.2. The van der Waals surface area contributed by atoms with Crippen molar-refractivity contribution in [1.29, 1.82) is 0 Å². The fourth-order valence-electron chi connectivity index (χ4n) is 2.16. The standard InChI is InChI=1S/C12H20N4O2S/c1-16-10(14-15-12(16)19)5-6-13-11(17)8-9-4-2-3-7-18-9/h9H,2-8H2,1H3,(H,13,17)(H,15,19). The van der Waals surface area contributed by atoms with Crippen LogP contribution in [0.3, 0.4) is 0 Å². The summed E-state index contributed by atoms with van der Waals surface area (Å²) in [5.74, 6) is 0.892. The Balaban J connectivity index is 1.69. The zero-order valence-electron chi connectivity index (χ0n) is 11.1. The van der Waals surface area contributed by atoms with E-state index >= 15 is 0 Å². The molecule has 106 valence electrons. The van der Waals surface area contributed by atoms with E-state index in [0.717, 1.165) is 31.7 Å². The molecular formula is C12H20N4O2S. The van der Waals surface area contributed by atoms with Gasteiger partial charge in [0.25, 0.3) is 0 Å². The van der Waals surface area contributed by atoms with Gasteiger partial charge >= 0.3 is 0 Å². The van der Waals surface area contributed by atoms with Crippen LogP contribution >= 0.6 is 12.2 Å². The molecule has 0 aromatic carbocycles. The lowest BCUT2D eigenvalue weighted by Gasteiger charge is -2.21. The molecule has 1 aliphatic heterocycles. The highest BCUT2D eigenvalue weighted by Gasteiger charge is 2.17. The Labute approximate surface area is 117 Å². The summed E-state index contributed by atoms with van der Waals surface area (Å²) in [4.78, 5) is 11.7. The number of aromatic amines is 1. The third-order valence-corrected chi connectivity index (χ3v) is 3.70. The molecule has 2 rings (SSSR count). The van der Waals surface area contributed by atoms with Crippen molar-refractivity contribution in [3.63, 3.8) is 0 Å². The Bertz CT molecular complexity index is 476. The molecule has 1 unspecified atom stereocenters. The SMILES string of the molecule is Cn1c(CCNC(=O)CC2CCCCO2)n[nH]c1=S. The minimum atomic E-state index is 0.0451. The molecule has 1 amide bonds. The summed E-state index contributed by atoms with van der Waals surface area (Å²) in [5.41, 5.74) is 0. The smallest absolute Gasteiger partial charge is 0.222 e. The van der Waals surface area contributed by atoms with Crippen molar-refractivity contribution in [3.8, 4) is 0 Å². The Hall–Kier alpha value is -1.21. The molecule has 0 aliphatic carbocycles. The lowest BCUT2D eigenvalue weighted by Crippen LogP contribution is -2.31. The van der Waals surface area contributed by atoms with Crippen LogP contribution < -0.4 is 5.32 Å². The molecule has 1 fully saturated rings. The van der Waals surface area contributed by atoms with Crippen LogP contribution in [0.2, 0.25) is 0 Å². The minimum absolute atomic E-state index is 0.0451. The van der Waals surface area contributed by atoms with Gasteiger partial charge in [0, 0.05) is 26.6 Å². The molecule has 1 aliphatic rings. The second-order valence-electron chi connectivity index (χ2n) is 4.80. The van der Waals surface area contributed by atoms with Crippen molar-refractivity contribution in [1.82, 2.24) is 20.1 Å². The minimum Gasteiger partial charge on any atom is -0.378 e. The molecule has 0 bridgehead atoms. The van der Waals surface area contributed by atoms with E-state index in [-0.39, 0.29) is 12.0 Å². The molecule has 0 radical (unpaired) electrons. The molecule has 6 nitrogen and oxygen atoms in total. The average Bonchev–Trinajstić information content (AvgIpc) is 2.72. The fraction of sp³-hybridized carbons (Fsp3) is 0.750. The lowest BCUT2D eigenvalue weighted by molar-refractivity contribution is -0.124. The molecule has 19 heavy (non-hydrogen) atoms. The third-order valence-electron chi connectivity index (χ3n) is 3.33. The van der Waals surface area contributed by atoms with E-state index < -0.39 is 0 Å². The number of carbonyl (C=O) groups excluding carboxylic acids is 1. The normalized spacial score (nSPS) is 19.3. The summed E-state index contributed by atoms with van der Waals surface area (Å²) in [5, 5.41) is 9.72. The van der Waals surface area contributed by atoms with Gasteiger partial charge in [-0.2, -0.15) is 5.10 Å². The van der Waals surface area contributed by atoms with E-state index in [2.05, 4.69) is 15.5 Å². The number of H-pyrrole nitrogens is 1. The summed E-state index contributed by atoms with van der Waals surface area (Å²) in [6, 6.07) is 0. The summed E-state index contributed by atoms with van der Waals surface area (Å²) in [6.45, 7) is 1.35. The number of aromatic nitrogens is 3. The van der Waals surface area contributed by atoms with Gasteiger partial charge in [-0.25, -0.2) is 0 Å². The summed E-state index contributed by atoms with van der Waals surface area (Å²) in [6.07, 6.45) is 4.47. The lowest BCUT2D eigenvalue weighted by atomic mass is 10.1. The molecule has 1 aromatic heterocycles. The van der Waals surface area contributed by atoms with Crippen LogP contribution in [0, 0.1) is 4.77 Å². The second kappa shape index (κ2) is 6.81. The summed E-state index contributed by atoms with van der Waals surface area (Å²) < 4.78 is 7.95. The summed E-state index contributed by atoms with van der Waals surface area (Å²) >= 11 is 5.03. The zero-order chi connectivity index (χ0) is 13.7. The molecule has 2 heterocycles.